The lowest BCUT2D eigenvalue weighted by atomic mass is 9.53. The van der Waals surface area contributed by atoms with Crippen LogP contribution < -0.4 is 20.7 Å². The van der Waals surface area contributed by atoms with Crippen LogP contribution in [0.15, 0.2) is 47.2 Å². The molecule has 2 aromatic carbocycles. The Labute approximate surface area is 244 Å². The standard InChI is InChI=1S/C30H30F2N4O7/c1-30-10-18(37)21(28(34)42)26(41)22(30)25(40)20-15(27(30)33)8-14-17(36(2)3)9-16(23(38)19(14)24(20)39)35-11-12-4-6-13(7-5-12)43-29(31)32/h4-7,9,15,22,29,33,35,38-39,41H,8,10-11H2,1-3H3,(H2,34,42)/t15?,22?,30-/m0/s1. The minimum atomic E-state index is -2.96. The van der Waals surface area contributed by atoms with Gasteiger partial charge in [0.2, 0.25) is 0 Å². The summed E-state index contributed by atoms with van der Waals surface area (Å²) in [5.41, 5.74) is 4.75. The summed E-state index contributed by atoms with van der Waals surface area (Å²) in [5, 5.41) is 45.9. The average Bonchev–Trinajstić information content (AvgIpc) is 2.91. The van der Waals surface area contributed by atoms with Crippen molar-refractivity contribution in [2.24, 2.45) is 23.0 Å². The molecule has 2 unspecified atom stereocenters. The van der Waals surface area contributed by atoms with Crippen LogP contribution >= 0.6 is 0 Å². The normalized spacial score (nSPS) is 23.2. The molecule has 0 heterocycles. The molecule has 1 saturated carbocycles. The number of amides is 1. The molecule has 3 aliphatic carbocycles. The molecular formula is C30H30F2N4O7. The van der Waals surface area contributed by atoms with Gasteiger partial charge in [0.25, 0.3) is 5.91 Å². The van der Waals surface area contributed by atoms with Gasteiger partial charge < -0.3 is 41.4 Å². The lowest BCUT2D eigenvalue weighted by Gasteiger charge is -2.48. The Morgan fingerprint density at radius 2 is 1.86 bits per heavy atom. The number of benzene rings is 2. The van der Waals surface area contributed by atoms with Crippen LogP contribution in [-0.4, -0.2) is 59.2 Å². The van der Waals surface area contributed by atoms with Crippen LogP contribution in [-0.2, 0) is 27.3 Å². The molecule has 2 aromatic rings. The van der Waals surface area contributed by atoms with Crippen molar-refractivity contribution in [1.29, 1.82) is 5.41 Å². The van der Waals surface area contributed by atoms with Gasteiger partial charge in [-0.25, -0.2) is 0 Å². The molecule has 3 aliphatic rings. The summed E-state index contributed by atoms with van der Waals surface area (Å²) in [5.74, 6) is -6.98. The van der Waals surface area contributed by atoms with E-state index >= 15 is 0 Å². The number of carbonyl (C=O) groups excluding carboxylic acids is 3. The Morgan fingerprint density at radius 3 is 2.44 bits per heavy atom. The number of halogens is 2. The Bertz CT molecular complexity index is 1650. The first-order valence-electron chi connectivity index (χ1n) is 13.3. The van der Waals surface area contributed by atoms with Crippen LogP contribution in [0.5, 0.6) is 11.5 Å². The summed E-state index contributed by atoms with van der Waals surface area (Å²) >= 11 is 0. The first kappa shape index (κ1) is 29.5. The van der Waals surface area contributed by atoms with Crippen molar-refractivity contribution in [2.45, 2.75) is 32.9 Å². The zero-order chi connectivity index (χ0) is 31.5. The molecular weight excluding hydrogens is 566 g/mol. The van der Waals surface area contributed by atoms with E-state index in [2.05, 4.69) is 10.1 Å². The smallest absolute Gasteiger partial charge is 0.387 e. The number of Topliss-reactive ketones (excluding diaryl/α,β-unsaturated/α-hetero) is 2. The van der Waals surface area contributed by atoms with Crippen molar-refractivity contribution in [3.05, 3.63) is 63.9 Å². The quantitative estimate of drug-likeness (QED) is 0.205. The van der Waals surface area contributed by atoms with Gasteiger partial charge in [0.05, 0.1) is 17.2 Å². The van der Waals surface area contributed by atoms with Crippen molar-refractivity contribution >= 4 is 40.3 Å². The molecule has 226 valence electrons. The number of fused-ring (bicyclic) bond motifs is 3. The number of phenolic OH excluding ortho intramolecular Hbond substituents is 1. The number of nitrogens with one attached hydrogen (secondary N) is 2. The molecule has 0 aliphatic heterocycles. The second kappa shape index (κ2) is 10.4. The molecule has 0 aromatic heterocycles. The summed E-state index contributed by atoms with van der Waals surface area (Å²) in [4.78, 5) is 40.4. The monoisotopic (exact) mass is 596 g/mol. The third kappa shape index (κ3) is 4.64. The average molecular weight is 597 g/mol. The number of aliphatic hydroxyl groups excluding tert-OH is 2. The van der Waals surface area contributed by atoms with Crippen molar-refractivity contribution in [2.75, 3.05) is 24.3 Å². The maximum absolute atomic E-state index is 13.9. The number of nitrogens with zero attached hydrogens (tertiary/aromatic N) is 1. The summed E-state index contributed by atoms with van der Waals surface area (Å²) in [6, 6.07) is 7.53. The number of primary amides is 1. The van der Waals surface area contributed by atoms with Gasteiger partial charge in [0, 0.05) is 55.4 Å². The van der Waals surface area contributed by atoms with Gasteiger partial charge in [-0.2, -0.15) is 8.78 Å². The van der Waals surface area contributed by atoms with Crippen LogP contribution in [0.25, 0.3) is 5.76 Å². The summed E-state index contributed by atoms with van der Waals surface area (Å²) < 4.78 is 29.3. The predicted molar refractivity (Wildman–Crippen MR) is 152 cm³/mol. The molecule has 13 heteroatoms. The van der Waals surface area contributed by atoms with Crippen LogP contribution in [0.4, 0.5) is 20.2 Å². The molecule has 7 N–H and O–H groups in total. The van der Waals surface area contributed by atoms with E-state index in [0.717, 1.165) is 0 Å². The highest BCUT2D eigenvalue weighted by molar-refractivity contribution is 6.25. The second-order valence-corrected chi connectivity index (χ2v) is 11.3. The first-order valence-corrected chi connectivity index (χ1v) is 13.3. The number of ketones is 2. The number of hydrogen-bond acceptors (Lipinski definition) is 10. The van der Waals surface area contributed by atoms with E-state index in [1.165, 1.54) is 19.1 Å². The number of phenols is 1. The van der Waals surface area contributed by atoms with E-state index < -0.39 is 64.8 Å². The highest BCUT2D eigenvalue weighted by Gasteiger charge is 2.60. The zero-order valence-corrected chi connectivity index (χ0v) is 23.5. The van der Waals surface area contributed by atoms with Gasteiger partial charge in [-0.05, 0) is 35.7 Å². The second-order valence-electron chi connectivity index (χ2n) is 11.3. The van der Waals surface area contributed by atoms with Crippen molar-refractivity contribution in [3.63, 3.8) is 0 Å². The molecule has 1 fully saturated rings. The Kier molecular flexibility index (Phi) is 7.15. The van der Waals surface area contributed by atoms with E-state index in [9.17, 15) is 38.5 Å². The molecule has 3 atom stereocenters. The van der Waals surface area contributed by atoms with Gasteiger partial charge in [-0.1, -0.05) is 19.1 Å². The SMILES string of the molecule is CN(C)c1cc(NCc2ccc(OC(F)F)cc2)c(O)c2c1CC1C(=N)[C@@]3(C)CC(=O)C(C(N)=O)=C(O)C3C(=O)C1=C2O. The van der Waals surface area contributed by atoms with Crippen LogP contribution in [0.3, 0.4) is 0 Å². The van der Waals surface area contributed by atoms with Crippen LogP contribution in [0, 0.1) is 22.7 Å². The lowest BCUT2D eigenvalue weighted by Crippen LogP contribution is -2.56. The Hall–Kier alpha value is -4.94. The minimum absolute atomic E-state index is 0.0126. The van der Waals surface area contributed by atoms with Gasteiger partial charge in [-0.15, -0.1) is 0 Å². The molecule has 0 radical (unpaired) electrons. The van der Waals surface area contributed by atoms with E-state index in [4.69, 9.17) is 11.1 Å². The molecule has 43 heavy (non-hydrogen) atoms. The third-order valence-corrected chi connectivity index (χ3v) is 8.46. The maximum Gasteiger partial charge on any atom is 0.387 e. The van der Waals surface area contributed by atoms with Crippen LogP contribution in [0.1, 0.15) is 30.0 Å². The Morgan fingerprint density at radius 1 is 1.21 bits per heavy atom. The number of alkyl halides is 2. The highest BCUT2D eigenvalue weighted by Crippen LogP contribution is 2.55. The van der Waals surface area contributed by atoms with Crippen molar-refractivity contribution < 1.29 is 43.2 Å². The fraction of sp³-hybridized carbons (Fsp3) is 0.333. The molecule has 5 rings (SSSR count). The largest absolute Gasteiger partial charge is 0.511 e. The number of allylic oxidation sites excluding steroid dienone is 2. The van der Waals surface area contributed by atoms with Gasteiger partial charge in [0.1, 0.15) is 28.6 Å². The minimum Gasteiger partial charge on any atom is -0.511 e. The lowest BCUT2D eigenvalue weighted by molar-refractivity contribution is -0.127. The number of hydrogen-bond donors (Lipinski definition) is 6. The van der Waals surface area contributed by atoms with Crippen molar-refractivity contribution in [1.82, 2.24) is 0 Å². The van der Waals surface area contributed by atoms with E-state index in [0.29, 0.717) is 16.8 Å². The number of carbonyl (C=O) groups is 3. The number of aliphatic hydroxyl groups is 2. The molecule has 0 saturated heterocycles. The topological polar surface area (TPSA) is 186 Å². The summed E-state index contributed by atoms with van der Waals surface area (Å²) in [7, 11) is 3.49. The first-order chi connectivity index (χ1) is 20.2. The number of anilines is 2. The van der Waals surface area contributed by atoms with E-state index in [-0.39, 0.29) is 47.0 Å². The fourth-order valence-corrected chi connectivity index (χ4v) is 6.41. The maximum atomic E-state index is 13.9. The number of ether oxygens (including phenoxy) is 1. The summed E-state index contributed by atoms with van der Waals surface area (Å²) in [6.45, 7) is -1.31. The highest BCUT2D eigenvalue weighted by atomic mass is 19.3. The van der Waals surface area contributed by atoms with Gasteiger partial charge in [-0.3, -0.25) is 14.4 Å². The van der Waals surface area contributed by atoms with Crippen molar-refractivity contribution in [3.8, 4) is 11.5 Å². The molecule has 1 amide bonds. The summed E-state index contributed by atoms with van der Waals surface area (Å²) in [6.07, 6.45) is -0.359. The fourth-order valence-electron chi connectivity index (χ4n) is 6.41. The molecule has 11 nitrogen and oxygen atoms in total. The van der Waals surface area contributed by atoms with Crippen LogP contribution in [0.2, 0.25) is 0 Å². The molecule has 0 bridgehead atoms. The number of nitrogens with two attached hydrogens (primary N) is 1. The number of aromatic hydroxyl groups is 1. The number of rotatable bonds is 7. The molecule has 0 spiro atoms. The zero-order valence-electron chi connectivity index (χ0n) is 23.5. The van der Waals surface area contributed by atoms with E-state index in [1.54, 1.807) is 37.2 Å². The predicted octanol–water partition coefficient (Wildman–Crippen LogP) is 3.61. The van der Waals surface area contributed by atoms with Gasteiger partial charge in [0.15, 0.2) is 11.6 Å². The Balaban J connectivity index is 1.59. The van der Waals surface area contributed by atoms with Gasteiger partial charge >= 0.3 is 6.61 Å². The third-order valence-electron chi connectivity index (χ3n) is 8.46. The van der Waals surface area contributed by atoms with E-state index in [1.807, 2.05) is 0 Å².